The van der Waals surface area contributed by atoms with Gasteiger partial charge in [-0.25, -0.2) is 9.37 Å². The Hall–Kier alpha value is -2.29. The molecule has 4 rings (SSSR count). The molecule has 1 aliphatic heterocycles. The number of amides is 1. The van der Waals surface area contributed by atoms with Crippen LogP contribution in [0.4, 0.5) is 9.52 Å². The third-order valence-corrected chi connectivity index (χ3v) is 5.69. The average molecular weight is 407 g/mol. The molecule has 0 saturated carbocycles. The first-order valence-corrected chi connectivity index (χ1v) is 9.57. The van der Waals surface area contributed by atoms with Crippen molar-refractivity contribution in [1.82, 2.24) is 15.0 Å². The highest BCUT2D eigenvalue weighted by atomic mass is 35.5. The van der Waals surface area contributed by atoms with Crippen LogP contribution in [0.15, 0.2) is 28.8 Å². The second kappa shape index (κ2) is 7.38. The quantitative estimate of drug-likeness (QED) is 0.707. The summed E-state index contributed by atoms with van der Waals surface area (Å²) in [6.07, 6.45) is 0.733. The first-order chi connectivity index (χ1) is 13.0. The van der Waals surface area contributed by atoms with Gasteiger partial charge in [-0.2, -0.15) is 0 Å². The van der Waals surface area contributed by atoms with Crippen molar-refractivity contribution in [2.24, 2.45) is 0 Å². The minimum absolute atomic E-state index is 0.219. The molecule has 3 aromatic rings. The van der Waals surface area contributed by atoms with Crippen molar-refractivity contribution in [2.75, 3.05) is 11.9 Å². The van der Waals surface area contributed by atoms with Crippen molar-refractivity contribution < 1.29 is 13.7 Å². The highest BCUT2D eigenvalue weighted by Crippen LogP contribution is 2.30. The molecule has 0 bridgehead atoms. The molecule has 0 fully saturated rings. The summed E-state index contributed by atoms with van der Waals surface area (Å²) in [5.41, 5.74) is 1.68. The maximum absolute atomic E-state index is 14.0. The van der Waals surface area contributed by atoms with E-state index in [2.05, 4.69) is 20.4 Å². The van der Waals surface area contributed by atoms with Crippen molar-refractivity contribution in [2.45, 2.75) is 26.4 Å². The number of hydrogen-bond acceptors (Lipinski definition) is 6. The van der Waals surface area contributed by atoms with Crippen LogP contribution in [-0.2, 0) is 19.5 Å². The zero-order chi connectivity index (χ0) is 19.0. The third kappa shape index (κ3) is 3.87. The predicted octanol–water partition coefficient (Wildman–Crippen LogP) is 4.04. The molecular weight excluding hydrogens is 391 g/mol. The number of halogens is 2. The molecule has 0 atom stereocenters. The molecule has 0 unspecified atom stereocenters. The summed E-state index contributed by atoms with van der Waals surface area (Å²) in [6.45, 7) is 3.54. The third-order valence-electron chi connectivity index (χ3n) is 4.33. The van der Waals surface area contributed by atoms with E-state index in [1.807, 2.05) is 0 Å². The molecule has 27 heavy (non-hydrogen) atoms. The molecule has 3 heterocycles. The van der Waals surface area contributed by atoms with E-state index in [1.54, 1.807) is 25.1 Å². The molecular formula is C18H16ClFN4O2S. The summed E-state index contributed by atoms with van der Waals surface area (Å²) >= 11 is 7.55. The highest BCUT2D eigenvalue weighted by Gasteiger charge is 2.23. The largest absolute Gasteiger partial charge is 0.361 e. The Bertz CT molecular complexity index is 983. The number of fused-ring (bicyclic) bond motifs is 1. The molecule has 1 aliphatic rings. The first-order valence-electron chi connectivity index (χ1n) is 8.38. The van der Waals surface area contributed by atoms with Gasteiger partial charge in [-0.3, -0.25) is 15.0 Å². The van der Waals surface area contributed by atoms with E-state index in [0.29, 0.717) is 34.6 Å². The van der Waals surface area contributed by atoms with Crippen LogP contribution in [0, 0.1) is 12.7 Å². The average Bonchev–Trinajstić information content (AvgIpc) is 3.23. The normalized spacial score (nSPS) is 14.2. The van der Waals surface area contributed by atoms with E-state index in [4.69, 9.17) is 16.1 Å². The summed E-state index contributed by atoms with van der Waals surface area (Å²) in [5.74, 6) is -0.0811. The smallest absolute Gasteiger partial charge is 0.279 e. The lowest BCUT2D eigenvalue weighted by molar-refractivity contribution is 0.101. The van der Waals surface area contributed by atoms with Crippen molar-refractivity contribution >= 4 is 34.0 Å². The number of nitrogens with zero attached hydrogens (tertiary/aromatic N) is 3. The molecule has 0 saturated heterocycles. The summed E-state index contributed by atoms with van der Waals surface area (Å²) in [6, 6.07) is 6.29. The second-order valence-electron chi connectivity index (χ2n) is 6.33. The van der Waals surface area contributed by atoms with Gasteiger partial charge in [0.2, 0.25) is 0 Å². The summed E-state index contributed by atoms with van der Waals surface area (Å²) < 4.78 is 18.9. The van der Waals surface area contributed by atoms with Gasteiger partial charge in [-0.1, -0.05) is 22.8 Å². The van der Waals surface area contributed by atoms with Gasteiger partial charge in [-0.15, -0.1) is 11.3 Å². The Labute approximate surface area is 163 Å². The van der Waals surface area contributed by atoms with E-state index >= 15 is 0 Å². The van der Waals surface area contributed by atoms with Crippen molar-refractivity contribution in [3.8, 4) is 0 Å². The Morgan fingerprint density at radius 2 is 2.33 bits per heavy atom. The summed E-state index contributed by atoms with van der Waals surface area (Å²) in [5, 5.41) is 7.42. The summed E-state index contributed by atoms with van der Waals surface area (Å²) in [4.78, 5) is 19.9. The highest BCUT2D eigenvalue weighted by molar-refractivity contribution is 7.15. The molecule has 2 aromatic heterocycles. The Morgan fingerprint density at radius 1 is 1.48 bits per heavy atom. The van der Waals surface area contributed by atoms with E-state index in [-0.39, 0.29) is 17.4 Å². The standard InChI is InChI=1S/C18H16ClFN4O2S/c1-10-7-15(23-26-10)17(25)22-18-21-14-5-6-24(9-16(14)27-18)8-11-12(19)3-2-4-13(11)20/h2-4,7H,5-6,8-9H2,1H3,(H,21,22,25). The van der Waals surface area contributed by atoms with Gasteiger partial charge in [0.1, 0.15) is 11.6 Å². The van der Waals surface area contributed by atoms with Gasteiger partial charge in [0.05, 0.1) is 5.69 Å². The maximum atomic E-state index is 14.0. The Kier molecular flexibility index (Phi) is 4.94. The van der Waals surface area contributed by atoms with E-state index < -0.39 is 0 Å². The molecule has 1 amide bonds. The van der Waals surface area contributed by atoms with Crippen molar-refractivity contribution in [3.05, 3.63) is 62.7 Å². The second-order valence-corrected chi connectivity index (χ2v) is 7.82. The number of hydrogen-bond donors (Lipinski definition) is 1. The minimum Gasteiger partial charge on any atom is -0.361 e. The fraction of sp³-hybridized carbons (Fsp3) is 0.278. The molecule has 1 N–H and O–H groups in total. The topological polar surface area (TPSA) is 71.3 Å². The number of aryl methyl sites for hydroxylation is 1. The fourth-order valence-electron chi connectivity index (χ4n) is 2.98. The van der Waals surface area contributed by atoms with Crippen LogP contribution in [0.5, 0.6) is 0 Å². The molecule has 1 aromatic carbocycles. The molecule has 6 nitrogen and oxygen atoms in total. The van der Waals surface area contributed by atoms with Crippen LogP contribution in [-0.4, -0.2) is 27.5 Å². The van der Waals surface area contributed by atoms with Gasteiger partial charge in [0, 0.05) is 47.6 Å². The van der Waals surface area contributed by atoms with E-state index in [9.17, 15) is 9.18 Å². The predicted molar refractivity (Wildman–Crippen MR) is 101 cm³/mol. The minimum atomic E-state index is -0.354. The lowest BCUT2D eigenvalue weighted by atomic mass is 10.1. The molecule has 0 radical (unpaired) electrons. The molecule has 0 aliphatic carbocycles. The Balaban J connectivity index is 1.45. The van der Waals surface area contributed by atoms with Crippen molar-refractivity contribution in [1.29, 1.82) is 0 Å². The fourth-order valence-corrected chi connectivity index (χ4v) is 4.25. The number of anilines is 1. The van der Waals surface area contributed by atoms with Crippen LogP contribution in [0.25, 0.3) is 0 Å². The van der Waals surface area contributed by atoms with E-state index in [1.165, 1.54) is 17.4 Å². The van der Waals surface area contributed by atoms with Gasteiger partial charge in [-0.05, 0) is 19.1 Å². The number of benzene rings is 1. The van der Waals surface area contributed by atoms with Crippen LogP contribution >= 0.6 is 22.9 Å². The number of carbonyl (C=O) groups is 1. The first kappa shape index (κ1) is 18.1. The van der Waals surface area contributed by atoms with E-state index in [0.717, 1.165) is 23.5 Å². The van der Waals surface area contributed by atoms with Crippen LogP contribution < -0.4 is 5.32 Å². The van der Waals surface area contributed by atoms with Gasteiger partial charge in [0.25, 0.3) is 5.91 Å². The van der Waals surface area contributed by atoms with Gasteiger partial charge >= 0.3 is 0 Å². The van der Waals surface area contributed by atoms with Gasteiger partial charge in [0.15, 0.2) is 10.8 Å². The monoisotopic (exact) mass is 406 g/mol. The van der Waals surface area contributed by atoms with Crippen LogP contribution in [0.2, 0.25) is 5.02 Å². The number of thiazole rings is 1. The summed E-state index contributed by atoms with van der Waals surface area (Å²) in [7, 11) is 0. The SMILES string of the molecule is Cc1cc(C(=O)Nc2nc3c(s2)CN(Cc2c(F)cccc2Cl)CC3)no1. The lowest BCUT2D eigenvalue weighted by Gasteiger charge is -2.26. The number of aromatic nitrogens is 2. The zero-order valence-corrected chi connectivity index (χ0v) is 16.0. The molecule has 140 valence electrons. The lowest BCUT2D eigenvalue weighted by Crippen LogP contribution is -2.29. The molecule has 0 spiro atoms. The molecule has 9 heteroatoms. The van der Waals surface area contributed by atoms with Crippen LogP contribution in [0.1, 0.15) is 32.4 Å². The number of rotatable bonds is 4. The van der Waals surface area contributed by atoms with Gasteiger partial charge < -0.3 is 4.52 Å². The maximum Gasteiger partial charge on any atom is 0.279 e. The zero-order valence-electron chi connectivity index (χ0n) is 14.5. The number of nitrogens with one attached hydrogen (secondary N) is 1. The Morgan fingerprint density at radius 3 is 3.07 bits per heavy atom. The van der Waals surface area contributed by atoms with Crippen LogP contribution in [0.3, 0.4) is 0 Å². The number of carbonyl (C=O) groups excluding carboxylic acids is 1. The van der Waals surface area contributed by atoms with Crippen molar-refractivity contribution in [3.63, 3.8) is 0 Å².